The van der Waals surface area contributed by atoms with Crippen LogP contribution in [0.3, 0.4) is 0 Å². The van der Waals surface area contributed by atoms with Gasteiger partial charge in [0.05, 0.1) is 6.04 Å². The highest BCUT2D eigenvalue weighted by atomic mass is 16.5. The Morgan fingerprint density at radius 1 is 1.00 bits per heavy atom. The van der Waals surface area contributed by atoms with Crippen molar-refractivity contribution in [2.75, 3.05) is 20.6 Å². The van der Waals surface area contributed by atoms with Crippen molar-refractivity contribution < 1.29 is 4.74 Å². The second kappa shape index (κ2) is 7.70. The summed E-state index contributed by atoms with van der Waals surface area (Å²) >= 11 is 0. The number of para-hydroxylation sites is 1. The lowest BCUT2D eigenvalue weighted by Crippen LogP contribution is -2.21. The minimum atomic E-state index is 0.0562. The Balaban J connectivity index is 1.76. The van der Waals surface area contributed by atoms with Crippen LogP contribution in [0.4, 0.5) is 0 Å². The van der Waals surface area contributed by atoms with Crippen LogP contribution in [-0.4, -0.2) is 45.7 Å². The van der Waals surface area contributed by atoms with E-state index in [-0.39, 0.29) is 6.04 Å². The zero-order valence-electron chi connectivity index (χ0n) is 13.9. The number of aromatic nitrogens is 4. The number of benzene rings is 2. The molecule has 0 saturated heterocycles. The first-order chi connectivity index (χ1) is 11.7. The molecule has 6 heteroatoms. The van der Waals surface area contributed by atoms with Gasteiger partial charge in [-0.2, -0.15) is 4.80 Å². The lowest BCUT2D eigenvalue weighted by molar-refractivity contribution is 0.339. The predicted molar refractivity (Wildman–Crippen MR) is 92.1 cm³/mol. The van der Waals surface area contributed by atoms with Gasteiger partial charge >= 0.3 is 0 Å². The molecule has 1 unspecified atom stereocenters. The third kappa shape index (κ3) is 4.17. The number of hydrogen-bond acceptors (Lipinski definition) is 5. The van der Waals surface area contributed by atoms with Crippen molar-refractivity contribution in [1.82, 2.24) is 25.1 Å². The lowest BCUT2D eigenvalue weighted by atomic mass is 10.0. The molecule has 0 amide bonds. The molecule has 0 N–H and O–H groups in total. The Hall–Kier alpha value is -2.73. The maximum Gasteiger partial charge on any atom is 0.162 e. The summed E-state index contributed by atoms with van der Waals surface area (Å²) in [7, 11) is 4.12. The van der Waals surface area contributed by atoms with Crippen molar-refractivity contribution in [3.8, 4) is 11.5 Å². The predicted octanol–water partition coefficient (Wildman–Crippen LogP) is 3.01. The van der Waals surface area contributed by atoms with Gasteiger partial charge in [-0.3, -0.25) is 0 Å². The molecule has 0 aliphatic rings. The molecule has 2 aromatic carbocycles. The Labute approximate surface area is 141 Å². The molecule has 0 radical (unpaired) electrons. The van der Waals surface area contributed by atoms with Gasteiger partial charge in [-0.05, 0) is 62.1 Å². The minimum absolute atomic E-state index is 0.0562. The molecule has 24 heavy (non-hydrogen) atoms. The largest absolute Gasteiger partial charge is 0.457 e. The van der Waals surface area contributed by atoms with Crippen LogP contribution in [-0.2, 0) is 0 Å². The molecule has 124 valence electrons. The summed E-state index contributed by atoms with van der Waals surface area (Å²) in [6.07, 6.45) is 2.37. The first-order valence-electron chi connectivity index (χ1n) is 7.92. The van der Waals surface area contributed by atoms with Gasteiger partial charge < -0.3 is 9.64 Å². The standard InChI is InChI=1S/C18H21N5O/c1-22(2)13-12-18(23-20-14-19-21-23)15-8-10-17(11-9-15)24-16-6-4-3-5-7-16/h3-11,14,18H,12-13H2,1-2H3. The second-order valence-corrected chi connectivity index (χ2v) is 5.85. The van der Waals surface area contributed by atoms with Gasteiger partial charge in [0.2, 0.25) is 0 Å². The SMILES string of the molecule is CN(C)CCC(c1ccc(Oc2ccccc2)cc1)n1ncnn1. The van der Waals surface area contributed by atoms with Gasteiger partial charge in [-0.25, -0.2) is 0 Å². The van der Waals surface area contributed by atoms with Gasteiger partial charge in [-0.15, -0.1) is 10.2 Å². The van der Waals surface area contributed by atoms with Crippen molar-refractivity contribution in [2.45, 2.75) is 12.5 Å². The summed E-state index contributed by atoms with van der Waals surface area (Å²) in [4.78, 5) is 3.81. The first-order valence-corrected chi connectivity index (χ1v) is 7.92. The highest BCUT2D eigenvalue weighted by molar-refractivity contribution is 5.34. The van der Waals surface area contributed by atoms with Gasteiger partial charge in [0.15, 0.2) is 6.33 Å². The van der Waals surface area contributed by atoms with Crippen LogP contribution in [0.15, 0.2) is 60.9 Å². The van der Waals surface area contributed by atoms with E-state index in [1.807, 2.05) is 42.5 Å². The van der Waals surface area contributed by atoms with E-state index in [0.717, 1.165) is 30.0 Å². The van der Waals surface area contributed by atoms with E-state index < -0.39 is 0 Å². The molecule has 0 aliphatic carbocycles. The fraction of sp³-hybridized carbons (Fsp3) is 0.278. The zero-order valence-corrected chi connectivity index (χ0v) is 13.9. The minimum Gasteiger partial charge on any atom is -0.457 e. The van der Waals surface area contributed by atoms with E-state index >= 15 is 0 Å². The Morgan fingerprint density at radius 3 is 2.33 bits per heavy atom. The third-order valence-corrected chi connectivity index (χ3v) is 3.74. The van der Waals surface area contributed by atoms with Crippen LogP contribution in [0.25, 0.3) is 0 Å². The van der Waals surface area contributed by atoms with Gasteiger partial charge in [-0.1, -0.05) is 30.3 Å². The third-order valence-electron chi connectivity index (χ3n) is 3.74. The highest BCUT2D eigenvalue weighted by Crippen LogP contribution is 2.25. The molecule has 1 atom stereocenters. The van der Waals surface area contributed by atoms with E-state index in [4.69, 9.17) is 4.74 Å². The van der Waals surface area contributed by atoms with Crippen LogP contribution >= 0.6 is 0 Å². The van der Waals surface area contributed by atoms with E-state index in [9.17, 15) is 0 Å². The van der Waals surface area contributed by atoms with Crippen LogP contribution < -0.4 is 4.74 Å². The van der Waals surface area contributed by atoms with Crippen LogP contribution in [0, 0.1) is 0 Å². The molecule has 3 aromatic rings. The summed E-state index contributed by atoms with van der Waals surface area (Å²) in [5.74, 6) is 1.63. The number of hydrogen-bond donors (Lipinski definition) is 0. The number of nitrogens with zero attached hydrogens (tertiary/aromatic N) is 5. The summed E-state index contributed by atoms with van der Waals surface area (Å²) < 4.78 is 5.84. The topological polar surface area (TPSA) is 56.1 Å². The van der Waals surface area contributed by atoms with E-state index in [0.29, 0.717) is 0 Å². The fourth-order valence-corrected chi connectivity index (χ4v) is 2.50. The molecule has 0 aliphatic heterocycles. The lowest BCUT2D eigenvalue weighted by Gasteiger charge is -2.19. The number of rotatable bonds is 7. The Bertz CT molecular complexity index is 726. The Morgan fingerprint density at radius 2 is 1.71 bits per heavy atom. The number of ether oxygens (including phenoxy) is 1. The quantitative estimate of drug-likeness (QED) is 0.669. The average molecular weight is 323 g/mol. The molecule has 0 fully saturated rings. The monoisotopic (exact) mass is 323 g/mol. The van der Waals surface area contributed by atoms with E-state index in [1.165, 1.54) is 6.33 Å². The van der Waals surface area contributed by atoms with Crippen molar-refractivity contribution in [1.29, 1.82) is 0 Å². The summed E-state index contributed by atoms with van der Waals surface area (Å²) in [5, 5.41) is 12.1. The molecular weight excluding hydrogens is 302 g/mol. The maximum atomic E-state index is 5.84. The maximum absolute atomic E-state index is 5.84. The zero-order chi connectivity index (χ0) is 16.8. The smallest absolute Gasteiger partial charge is 0.162 e. The van der Waals surface area contributed by atoms with Crippen molar-refractivity contribution in [3.05, 3.63) is 66.5 Å². The molecule has 1 aromatic heterocycles. The van der Waals surface area contributed by atoms with Crippen molar-refractivity contribution in [3.63, 3.8) is 0 Å². The van der Waals surface area contributed by atoms with E-state index in [2.05, 4.69) is 46.5 Å². The molecular formula is C18H21N5O. The first kappa shape index (κ1) is 16.1. The van der Waals surface area contributed by atoms with Gasteiger partial charge in [0, 0.05) is 0 Å². The summed E-state index contributed by atoms with van der Waals surface area (Å²) in [6, 6.07) is 17.9. The Kier molecular flexibility index (Phi) is 5.18. The second-order valence-electron chi connectivity index (χ2n) is 5.85. The normalized spacial score (nSPS) is 12.3. The summed E-state index contributed by atoms with van der Waals surface area (Å²) in [6.45, 7) is 0.939. The molecule has 0 saturated carbocycles. The molecule has 1 heterocycles. The van der Waals surface area contributed by atoms with Gasteiger partial charge in [0.1, 0.15) is 11.5 Å². The van der Waals surface area contributed by atoms with Crippen molar-refractivity contribution in [2.24, 2.45) is 0 Å². The molecule has 0 spiro atoms. The molecule has 3 rings (SSSR count). The van der Waals surface area contributed by atoms with Crippen LogP contribution in [0.2, 0.25) is 0 Å². The molecule has 6 nitrogen and oxygen atoms in total. The highest BCUT2D eigenvalue weighted by Gasteiger charge is 2.16. The van der Waals surface area contributed by atoms with Gasteiger partial charge in [0.25, 0.3) is 0 Å². The molecule has 0 bridgehead atoms. The average Bonchev–Trinajstić information content (AvgIpc) is 3.11. The van der Waals surface area contributed by atoms with Crippen LogP contribution in [0.5, 0.6) is 11.5 Å². The van der Waals surface area contributed by atoms with Crippen LogP contribution in [0.1, 0.15) is 18.0 Å². The number of tetrazole rings is 1. The van der Waals surface area contributed by atoms with E-state index in [1.54, 1.807) is 4.80 Å². The fourth-order valence-electron chi connectivity index (χ4n) is 2.50. The summed E-state index contributed by atoms with van der Waals surface area (Å²) in [5.41, 5.74) is 1.13. The van der Waals surface area contributed by atoms with Crippen molar-refractivity contribution >= 4 is 0 Å².